The van der Waals surface area contributed by atoms with E-state index in [1.54, 1.807) is 7.11 Å². The van der Waals surface area contributed by atoms with Crippen molar-refractivity contribution in [1.29, 1.82) is 5.26 Å². The number of hydrogen-bond donors (Lipinski definition) is 0. The van der Waals surface area contributed by atoms with Crippen molar-refractivity contribution in [2.24, 2.45) is 0 Å². The number of fused-ring (bicyclic) bond motifs is 1. The standard InChI is InChI=1S/C26H19NO/c1-28-25-17-16-23(21-14-8-9-15-22(21)25)26(20-12-6-3-7-13-20)24(18-27)19-10-4-2-5-11-19/h2-17H,1H3/b26-24+. The Morgan fingerprint density at radius 2 is 1.25 bits per heavy atom. The second kappa shape index (κ2) is 7.82. The monoisotopic (exact) mass is 361 g/mol. The number of benzene rings is 4. The summed E-state index contributed by atoms with van der Waals surface area (Å²) in [5.41, 5.74) is 4.51. The van der Waals surface area contributed by atoms with Crippen LogP contribution in [0.1, 0.15) is 16.7 Å². The van der Waals surface area contributed by atoms with E-state index in [4.69, 9.17) is 4.74 Å². The summed E-state index contributed by atoms with van der Waals surface area (Å²) in [5.74, 6) is 0.824. The first-order chi connectivity index (χ1) is 13.8. The molecule has 134 valence electrons. The summed E-state index contributed by atoms with van der Waals surface area (Å²) in [5, 5.41) is 12.2. The number of methoxy groups -OCH3 is 1. The van der Waals surface area contributed by atoms with Crippen molar-refractivity contribution in [2.75, 3.05) is 7.11 Å². The van der Waals surface area contributed by atoms with Crippen molar-refractivity contribution in [1.82, 2.24) is 0 Å². The molecule has 0 N–H and O–H groups in total. The van der Waals surface area contributed by atoms with E-state index in [-0.39, 0.29) is 0 Å². The molecule has 0 aliphatic carbocycles. The van der Waals surface area contributed by atoms with E-state index >= 15 is 0 Å². The number of ether oxygens (including phenoxy) is 1. The number of nitriles is 1. The van der Waals surface area contributed by atoms with Gasteiger partial charge >= 0.3 is 0 Å². The van der Waals surface area contributed by atoms with Gasteiger partial charge in [-0.15, -0.1) is 0 Å². The quantitative estimate of drug-likeness (QED) is 0.314. The summed E-state index contributed by atoms with van der Waals surface area (Å²) in [7, 11) is 1.68. The van der Waals surface area contributed by atoms with Gasteiger partial charge in [0.15, 0.2) is 0 Å². The van der Waals surface area contributed by atoms with Crippen molar-refractivity contribution in [3.05, 3.63) is 114 Å². The van der Waals surface area contributed by atoms with Crippen molar-refractivity contribution in [3.63, 3.8) is 0 Å². The fourth-order valence-corrected chi connectivity index (χ4v) is 3.58. The molecule has 4 aromatic rings. The van der Waals surface area contributed by atoms with Gasteiger partial charge in [-0.3, -0.25) is 0 Å². The first-order valence-corrected chi connectivity index (χ1v) is 9.15. The SMILES string of the molecule is COc1ccc(/C(=C(\C#N)c2ccccc2)c2ccccc2)c2ccccc12. The third-order valence-electron chi connectivity index (χ3n) is 4.86. The van der Waals surface area contributed by atoms with E-state index in [2.05, 4.69) is 30.3 Å². The average molecular weight is 361 g/mol. The van der Waals surface area contributed by atoms with E-state index in [0.717, 1.165) is 38.8 Å². The summed E-state index contributed by atoms with van der Waals surface area (Å²) >= 11 is 0. The molecule has 0 aliphatic heterocycles. The van der Waals surface area contributed by atoms with Crippen LogP contribution in [0.4, 0.5) is 0 Å². The highest BCUT2D eigenvalue weighted by atomic mass is 16.5. The molecule has 0 unspecified atom stereocenters. The molecular formula is C26H19NO. The molecular weight excluding hydrogens is 342 g/mol. The summed E-state index contributed by atoms with van der Waals surface area (Å²) in [4.78, 5) is 0. The van der Waals surface area contributed by atoms with E-state index in [0.29, 0.717) is 5.57 Å². The number of hydrogen-bond acceptors (Lipinski definition) is 2. The minimum atomic E-state index is 0.655. The zero-order chi connectivity index (χ0) is 19.3. The van der Waals surface area contributed by atoms with Crippen LogP contribution in [0.25, 0.3) is 21.9 Å². The van der Waals surface area contributed by atoms with Gasteiger partial charge in [-0.1, -0.05) is 84.9 Å². The first kappa shape index (κ1) is 17.6. The second-order valence-electron chi connectivity index (χ2n) is 6.45. The minimum Gasteiger partial charge on any atom is -0.496 e. The third kappa shape index (κ3) is 3.15. The van der Waals surface area contributed by atoms with Gasteiger partial charge in [0, 0.05) is 11.0 Å². The predicted octanol–water partition coefficient (Wildman–Crippen LogP) is 6.33. The molecule has 0 spiro atoms. The van der Waals surface area contributed by atoms with Gasteiger partial charge in [-0.25, -0.2) is 0 Å². The molecule has 0 heterocycles. The maximum Gasteiger partial charge on any atom is 0.126 e. The Morgan fingerprint density at radius 1 is 0.679 bits per heavy atom. The largest absolute Gasteiger partial charge is 0.496 e. The van der Waals surface area contributed by atoms with Crippen LogP contribution in [-0.2, 0) is 0 Å². The molecule has 0 atom stereocenters. The summed E-state index contributed by atoms with van der Waals surface area (Å²) in [6.07, 6.45) is 0. The van der Waals surface area contributed by atoms with E-state index < -0.39 is 0 Å². The molecule has 0 aromatic heterocycles. The van der Waals surface area contributed by atoms with Gasteiger partial charge in [0.1, 0.15) is 11.8 Å². The molecule has 0 amide bonds. The number of allylic oxidation sites excluding steroid dienone is 1. The fraction of sp³-hybridized carbons (Fsp3) is 0.0385. The fourth-order valence-electron chi connectivity index (χ4n) is 3.58. The average Bonchev–Trinajstić information content (AvgIpc) is 2.78. The summed E-state index contributed by atoms with van der Waals surface area (Å²) in [6, 6.07) is 34.6. The van der Waals surface area contributed by atoms with Gasteiger partial charge < -0.3 is 4.74 Å². The van der Waals surface area contributed by atoms with Crippen molar-refractivity contribution >= 4 is 21.9 Å². The lowest BCUT2D eigenvalue weighted by Crippen LogP contribution is -1.96. The van der Waals surface area contributed by atoms with Crippen LogP contribution in [0, 0.1) is 11.3 Å². The molecule has 0 bridgehead atoms. The number of nitrogens with zero attached hydrogens (tertiary/aromatic N) is 1. The smallest absolute Gasteiger partial charge is 0.126 e. The van der Waals surface area contributed by atoms with E-state index in [9.17, 15) is 5.26 Å². The number of rotatable bonds is 4. The van der Waals surface area contributed by atoms with Gasteiger partial charge in [-0.05, 0) is 34.2 Å². The zero-order valence-corrected chi connectivity index (χ0v) is 15.6. The van der Waals surface area contributed by atoms with E-state index in [1.165, 1.54) is 0 Å². The van der Waals surface area contributed by atoms with Crippen molar-refractivity contribution in [3.8, 4) is 11.8 Å². The topological polar surface area (TPSA) is 33.0 Å². The Kier molecular flexibility index (Phi) is 4.91. The minimum absolute atomic E-state index is 0.655. The lowest BCUT2D eigenvalue weighted by atomic mass is 9.87. The van der Waals surface area contributed by atoms with E-state index in [1.807, 2.05) is 72.8 Å². The van der Waals surface area contributed by atoms with Crippen LogP contribution < -0.4 is 4.74 Å². The second-order valence-corrected chi connectivity index (χ2v) is 6.45. The van der Waals surface area contributed by atoms with Crippen LogP contribution in [0.5, 0.6) is 5.75 Å². The summed E-state index contributed by atoms with van der Waals surface area (Å²) < 4.78 is 5.56. The Morgan fingerprint density at radius 3 is 1.86 bits per heavy atom. The molecule has 4 aromatic carbocycles. The third-order valence-corrected chi connectivity index (χ3v) is 4.86. The van der Waals surface area contributed by atoms with Gasteiger partial charge in [0.2, 0.25) is 0 Å². The maximum atomic E-state index is 10.1. The highest BCUT2D eigenvalue weighted by Gasteiger charge is 2.17. The summed E-state index contributed by atoms with van der Waals surface area (Å²) in [6.45, 7) is 0. The molecule has 0 saturated heterocycles. The van der Waals surface area contributed by atoms with Gasteiger partial charge in [-0.2, -0.15) is 5.26 Å². The highest BCUT2D eigenvalue weighted by Crippen LogP contribution is 2.38. The Labute approximate surface area is 165 Å². The molecule has 2 heteroatoms. The lowest BCUT2D eigenvalue weighted by molar-refractivity contribution is 0.420. The molecule has 28 heavy (non-hydrogen) atoms. The molecule has 0 radical (unpaired) electrons. The Balaban J connectivity index is 2.11. The van der Waals surface area contributed by atoms with Crippen molar-refractivity contribution < 1.29 is 4.74 Å². The van der Waals surface area contributed by atoms with Crippen LogP contribution in [0.15, 0.2) is 97.1 Å². The molecule has 0 aliphatic rings. The van der Waals surface area contributed by atoms with Crippen LogP contribution in [-0.4, -0.2) is 7.11 Å². The Hall–Kier alpha value is -3.83. The normalized spacial score (nSPS) is 11.6. The van der Waals surface area contributed by atoms with Gasteiger partial charge in [0.25, 0.3) is 0 Å². The molecule has 0 saturated carbocycles. The highest BCUT2D eigenvalue weighted by molar-refractivity contribution is 6.10. The molecule has 4 rings (SSSR count). The van der Waals surface area contributed by atoms with Crippen LogP contribution in [0.2, 0.25) is 0 Å². The molecule has 0 fully saturated rings. The van der Waals surface area contributed by atoms with Crippen LogP contribution in [0.3, 0.4) is 0 Å². The predicted molar refractivity (Wildman–Crippen MR) is 115 cm³/mol. The van der Waals surface area contributed by atoms with Crippen LogP contribution >= 0.6 is 0 Å². The zero-order valence-electron chi connectivity index (χ0n) is 15.6. The molecule has 2 nitrogen and oxygen atoms in total. The van der Waals surface area contributed by atoms with Gasteiger partial charge in [0.05, 0.1) is 12.7 Å². The van der Waals surface area contributed by atoms with Crippen molar-refractivity contribution in [2.45, 2.75) is 0 Å². The maximum absolute atomic E-state index is 10.1. The lowest BCUT2D eigenvalue weighted by Gasteiger charge is -2.16. The Bertz CT molecular complexity index is 1190. The first-order valence-electron chi connectivity index (χ1n) is 9.15.